The first kappa shape index (κ1) is 33.2. The van der Waals surface area contributed by atoms with Crippen molar-refractivity contribution in [3.8, 4) is 0 Å². The Morgan fingerprint density at radius 1 is 0.837 bits per heavy atom. The molecule has 0 unspecified atom stereocenters. The van der Waals surface area contributed by atoms with Gasteiger partial charge in [-0.25, -0.2) is 4.99 Å². The summed E-state index contributed by atoms with van der Waals surface area (Å²) in [5.41, 5.74) is 2.05. The van der Waals surface area contributed by atoms with Gasteiger partial charge in [-0.15, -0.1) is 13.2 Å². The number of carboxylic acids is 2. The highest BCUT2D eigenvalue weighted by molar-refractivity contribution is 6.19. The molecule has 4 heterocycles. The highest BCUT2D eigenvalue weighted by atomic mass is 16.4. The van der Waals surface area contributed by atoms with E-state index in [4.69, 9.17) is 10.2 Å². The van der Waals surface area contributed by atoms with Gasteiger partial charge in [0.1, 0.15) is 6.23 Å². The fraction of sp³-hybridized carbons (Fsp3) is 0.697. The first-order valence-corrected chi connectivity index (χ1v) is 15.8. The topological polar surface area (TPSA) is 160 Å². The van der Waals surface area contributed by atoms with Gasteiger partial charge in [0.25, 0.3) is 5.91 Å². The van der Waals surface area contributed by atoms with E-state index in [1.807, 2.05) is 13.0 Å². The Bertz CT molecular complexity index is 1170. The van der Waals surface area contributed by atoms with Crippen molar-refractivity contribution in [2.45, 2.75) is 109 Å². The summed E-state index contributed by atoms with van der Waals surface area (Å²) in [7, 11) is 0. The summed E-state index contributed by atoms with van der Waals surface area (Å²) in [6.07, 6.45) is 6.34. The van der Waals surface area contributed by atoms with Crippen LogP contribution in [0.1, 0.15) is 72.6 Å². The lowest BCUT2D eigenvalue weighted by molar-refractivity contribution is -0.138. The van der Waals surface area contributed by atoms with Crippen LogP contribution in [0.3, 0.4) is 0 Å². The van der Waals surface area contributed by atoms with E-state index in [1.54, 1.807) is 0 Å². The van der Waals surface area contributed by atoms with Crippen molar-refractivity contribution in [1.82, 2.24) is 16.0 Å². The average Bonchev–Trinajstić information content (AvgIpc) is 3.58. The molecule has 12 atom stereocenters. The number of aliphatic imine (C=N–C) groups is 1. The van der Waals surface area contributed by atoms with E-state index in [9.17, 15) is 19.5 Å². The fourth-order valence-corrected chi connectivity index (χ4v) is 8.25. The Hall–Kier alpha value is -2.66. The number of carboxylic acid groups (broad SMARTS) is 2. The molecule has 0 aromatic rings. The number of aliphatic hydroxyl groups excluding tert-OH is 1. The van der Waals surface area contributed by atoms with Crippen molar-refractivity contribution in [3.63, 3.8) is 0 Å². The summed E-state index contributed by atoms with van der Waals surface area (Å²) < 4.78 is 0. The van der Waals surface area contributed by atoms with Gasteiger partial charge in [0.05, 0.1) is 0 Å². The zero-order chi connectivity index (χ0) is 31.6. The van der Waals surface area contributed by atoms with Crippen LogP contribution in [0, 0.1) is 35.5 Å². The number of hydrogen-bond donors (Lipinski definition) is 6. The van der Waals surface area contributed by atoms with Gasteiger partial charge < -0.3 is 26.0 Å². The third kappa shape index (κ3) is 7.19. The van der Waals surface area contributed by atoms with Gasteiger partial charge >= 0.3 is 11.9 Å². The predicted octanol–water partition coefficient (Wildman–Crippen LogP) is 3.28. The predicted molar refractivity (Wildman–Crippen MR) is 165 cm³/mol. The third-order valence-corrected chi connectivity index (χ3v) is 11.0. The molecule has 0 bridgehead atoms. The lowest BCUT2D eigenvalue weighted by Crippen LogP contribution is -2.42. The Balaban J connectivity index is 1.39. The number of aliphatic carboxylic acids is 2. The van der Waals surface area contributed by atoms with E-state index >= 15 is 0 Å². The molecule has 0 aliphatic carbocycles. The largest absolute Gasteiger partial charge is 0.481 e. The fourth-order valence-electron chi connectivity index (χ4n) is 8.25. The summed E-state index contributed by atoms with van der Waals surface area (Å²) in [6, 6.07) is 0.848. The Morgan fingerprint density at radius 3 is 1.95 bits per heavy atom. The minimum Gasteiger partial charge on any atom is -0.481 e. The van der Waals surface area contributed by atoms with Crippen LogP contribution in [0.2, 0.25) is 0 Å². The third-order valence-electron chi connectivity index (χ3n) is 11.0. The molecule has 4 aliphatic heterocycles. The number of carbonyl (C=O) groups is 3. The summed E-state index contributed by atoms with van der Waals surface area (Å²) in [6.45, 7) is 16.8. The number of carbonyl (C=O) groups excluding carboxylic acids is 1. The van der Waals surface area contributed by atoms with Crippen molar-refractivity contribution < 1.29 is 29.7 Å². The lowest BCUT2D eigenvalue weighted by Gasteiger charge is -2.25. The summed E-state index contributed by atoms with van der Waals surface area (Å²) in [4.78, 5) is 39.0. The molecule has 0 spiro atoms. The number of nitrogens with one attached hydrogen (secondary N) is 3. The molecule has 10 nitrogen and oxygen atoms in total. The second-order valence-electron chi connectivity index (χ2n) is 13.3. The monoisotopic (exact) mass is 598 g/mol. The zero-order valence-electron chi connectivity index (χ0n) is 26.0. The number of nitrogens with zero attached hydrogens (tertiary/aromatic N) is 1. The maximum Gasteiger partial charge on any atom is 0.303 e. The van der Waals surface area contributed by atoms with Gasteiger partial charge in [0, 0.05) is 66.7 Å². The molecule has 3 fully saturated rings. The molecule has 4 rings (SSSR count). The molecule has 1 amide bonds. The second kappa shape index (κ2) is 14.0. The molecule has 0 aromatic carbocycles. The van der Waals surface area contributed by atoms with E-state index in [0.29, 0.717) is 30.3 Å². The molecule has 0 aromatic heterocycles. The van der Waals surface area contributed by atoms with E-state index in [0.717, 1.165) is 24.1 Å². The van der Waals surface area contributed by atoms with Gasteiger partial charge in [0.15, 0.2) is 0 Å². The highest BCUT2D eigenvalue weighted by Crippen LogP contribution is 2.40. The van der Waals surface area contributed by atoms with E-state index in [2.05, 4.69) is 60.9 Å². The van der Waals surface area contributed by atoms with Crippen LogP contribution in [-0.2, 0) is 14.4 Å². The molecule has 10 heteroatoms. The Kier molecular flexibility index (Phi) is 10.8. The van der Waals surface area contributed by atoms with Crippen LogP contribution < -0.4 is 16.0 Å². The first-order chi connectivity index (χ1) is 20.4. The van der Waals surface area contributed by atoms with Crippen molar-refractivity contribution in [3.05, 3.63) is 36.5 Å². The maximum absolute atomic E-state index is 12.5. The maximum atomic E-state index is 12.5. The van der Waals surface area contributed by atoms with Crippen LogP contribution in [-0.4, -0.2) is 75.3 Å². The Morgan fingerprint density at radius 2 is 1.37 bits per heavy atom. The lowest BCUT2D eigenvalue weighted by atomic mass is 9.80. The van der Waals surface area contributed by atoms with Crippen LogP contribution in [0.4, 0.5) is 0 Å². The summed E-state index contributed by atoms with van der Waals surface area (Å²) in [5, 5.41) is 39.9. The van der Waals surface area contributed by atoms with Crippen LogP contribution >= 0.6 is 0 Å². The van der Waals surface area contributed by atoms with Crippen molar-refractivity contribution >= 4 is 23.6 Å². The highest BCUT2D eigenvalue weighted by Gasteiger charge is 2.47. The molecule has 3 saturated heterocycles. The smallest absolute Gasteiger partial charge is 0.303 e. The van der Waals surface area contributed by atoms with Gasteiger partial charge in [-0.2, -0.15) is 0 Å². The molecular weight excluding hydrogens is 548 g/mol. The van der Waals surface area contributed by atoms with Crippen LogP contribution in [0.15, 0.2) is 41.4 Å². The number of hydrogen-bond acceptors (Lipinski definition) is 7. The van der Waals surface area contributed by atoms with Crippen molar-refractivity contribution in [2.24, 2.45) is 40.5 Å². The minimum absolute atomic E-state index is 0.0594. The molecular formula is C33H50N4O6. The van der Waals surface area contributed by atoms with Gasteiger partial charge in [-0.05, 0) is 67.8 Å². The molecule has 4 aliphatic rings. The van der Waals surface area contributed by atoms with Crippen LogP contribution in [0.5, 0.6) is 0 Å². The molecule has 0 radical (unpaired) electrons. The molecule has 6 N–H and O–H groups in total. The van der Waals surface area contributed by atoms with E-state index in [1.165, 1.54) is 0 Å². The molecule has 0 saturated carbocycles. The van der Waals surface area contributed by atoms with Crippen LogP contribution in [0.25, 0.3) is 0 Å². The summed E-state index contributed by atoms with van der Waals surface area (Å²) >= 11 is 0. The number of aliphatic hydroxyl groups is 1. The average molecular weight is 599 g/mol. The molecule has 43 heavy (non-hydrogen) atoms. The van der Waals surface area contributed by atoms with E-state index in [-0.39, 0.29) is 79.1 Å². The SMILES string of the molecule is C=C[C@@H]1[C@@H](C)[C@H](C[C@@H]2N[C@H](O)[C@H](CCC(=O)O)[C@H]2C)N[C@@H]1C[C@H]1N[C@H](CC2=NC(=O)C(CCC(=O)O)=C2C)[C@@H](C=C)[C@@H]1C. The number of rotatable bonds is 14. The molecule has 238 valence electrons. The van der Waals surface area contributed by atoms with E-state index < -0.39 is 18.2 Å². The van der Waals surface area contributed by atoms with Crippen molar-refractivity contribution in [2.75, 3.05) is 0 Å². The van der Waals surface area contributed by atoms with Gasteiger partial charge in [0.2, 0.25) is 0 Å². The standard InChI is InChI=1S/C33H50N4O6/c1-7-20-16(3)24(13-26-18(5)22(32(42)36-26)9-11-30(38)39)34-28(20)14-25-17(4)21(8-2)29(35-25)15-27-19(6)23(33(43)37-27)10-12-31(40)41/h7-8,16-18,20-22,24-26,28-29,32,34-36,42H,1-2,9-15H2,3-6H3,(H,38,39)(H,40,41)/t16-,17+,18-,20-,21+,22-,24+,25-,26+,28-,29-,32-/m1/s1. The van der Waals surface area contributed by atoms with Crippen molar-refractivity contribution in [1.29, 1.82) is 0 Å². The quantitative estimate of drug-likeness (QED) is 0.165. The number of allylic oxidation sites excluding steroid dienone is 1. The van der Waals surface area contributed by atoms with Gasteiger partial charge in [-0.3, -0.25) is 19.7 Å². The van der Waals surface area contributed by atoms with Gasteiger partial charge in [-0.1, -0.05) is 32.9 Å². The first-order valence-electron chi connectivity index (χ1n) is 15.8. The normalized spacial score (nSPS) is 39.4. The number of amides is 1. The second-order valence-corrected chi connectivity index (χ2v) is 13.3. The summed E-state index contributed by atoms with van der Waals surface area (Å²) in [5.74, 6) is -0.838. The Labute approximate surface area is 255 Å². The minimum atomic E-state index is -0.927. The zero-order valence-corrected chi connectivity index (χ0v) is 26.0.